The van der Waals surface area contributed by atoms with E-state index in [-0.39, 0.29) is 46.5 Å². The van der Waals surface area contributed by atoms with Crippen LogP contribution in [0.1, 0.15) is 130 Å². The van der Waals surface area contributed by atoms with Gasteiger partial charge in [0.05, 0.1) is 6.61 Å². The Morgan fingerprint density at radius 3 is 1.41 bits per heavy atom. The van der Waals surface area contributed by atoms with Crippen LogP contribution in [0.4, 0.5) is 0 Å². The van der Waals surface area contributed by atoms with Gasteiger partial charge in [-0.05, 0) is 25.2 Å². The Morgan fingerprint density at radius 1 is 0.586 bits per heavy atom. The molecule has 0 bridgehead atoms. The van der Waals surface area contributed by atoms with Gasteiger partial charge in [0.1, 0.15) is 0 Å². The second-order valence-electron chi connectivity index (χ2n) is 8.18. The van der Waals surface area contributed by atoms with Crippen molar-refractivity contribution in [2.45, 2.75) is 130 Å². The minimum atomic E-state index is 0. The Balaban J connectivity index is -0.00000104. The molecular formula is C24H51Cl2NOTi. The number of hydrogen-bond acceptors (Lipinski definition) is 2. The number of hydroxylamine groups is 2. The minimum Gasteiger partial charge on any atom is -1.00 e. The molecule has 0 aromatic heterocycles. The zero-order chi connectivity index (χ0) is 19.3. The molecule has 29 heavy (non-hydrogen) atoms. The molecule has 0 aliphatic rings. The molecule has 2 nitrogen and oxygen atoms in total. The number of hydrogen-bond donors (Lipinski definition) is 0. The Labute approximate surface area is 211 Å². The Kier molecular flexibility index (Phi) is 40.6. The van der Waals surface area contributed by atoms with Crippen LogP contribution in [0.3, 0.4) is 0 Å². The molecule has 0 aromatic rings. The molecule has 0 aromatic carbocycles. The molecule has 0 aliphatic heterocycles. The van der Waals surface area contributed by atoms with E-state index >= 15 is 0 Å². The number of unbranched alkanes of at least 4 members (excludes halogenated alkanes) is 11. The van der Waals surface area contributed by atoms with Crippen molar-refractivity contribution in [1.82, 2.24) is 5.06 Å². The maximum absolute atomic E-state index is 6.28. The van der Waals surface area contributed by atoms with Crippen LogP contribution in [-0.4, -0.2) is 24.8 Å². The summed E-state index contributed by atoms with van der Waals surface area (Å²) in [6.45, 7) is 12.4. The number of nitrogens with zero attached hydrogens (tertiary/aromatic N) is 1. The first kappa shape index (κ1) is 37.5. The maximum atomic E-state index is 6.28. The van der Waals surface area contributed by atoms with E-state index in [0.29, 0.717) is 0 Å². The predicted molar refractivity (Wildman–Crippen MR) is 118 cm³/mol. The van der Waals surface area contributed by atoms with Crippen molar-refractivity contribution in [3.8, 4) is 0 Å². The molecule has 1 atom stereocenters. The van der Waals surface area contributed by atoms with Crippen molar-refractivity contribution < 1.29 is 51.4 Å². The van der Waals surface area contributed by atoms with Crippen molar-refractivity contribution >= 4 is 0 Å². The van der Waals surface area contributed by atoms with Crippen molar-refractivity contribution in [3.05, 3.63) is 0 Å². The van der Waals surface area contributed by atoms with E-state index in [0.717, 1.165) is 25.6 Å². The molecule has 0 amide bonds. The largest absolute Gasteiger partial charge is 2.00 e. The Hall–Kier alpha value is 1.21. The molecule has 1 unspecified atom stereocenters. The third-order valence-electron chi connectivity index (χ3n) is 5.56. The molecule has 0 N–H and O–H groups in total. The number of halogens is 2. The van der Waals surface area contributed by atoms with Crippen molar-refractivity contribution in [2.75, 3.05) is 19.7 Å². The van der Waals surface area contributed by atoms with Crippen LogP contribution in [-0.2, 0) is 26.6 Å². The van der Waals surface area contributed by atoms with Gasteiger partial charge in [0, 0.05) is 13.1 Å². The molecule has 0 radical (unpaired) electrons. The Bertz CT molecular complexity index is 257. The summed E-state index contributed by atoms with van der Waals surface area (Å²) in [6, 6.07) is 0. The van der Waals surface area contributed by atoms with Gasteiger partial charge in [-0.3, -0.25) is 4.84 Å². The molecule has 0 saturated carbocycles. The fraction of sp³-hybridized carbons (Fsp3) is 1.00. The summed E-state index contributed by atoms with van der Waals surface area (Å²) < 4.78 is 0. The van der Waals surface area contributed by atoms with Gasteiger partial charge in [-0.15, -0.1) is 0 Å². The third-order valence-corrected chi connectivity index (χ3v) is 5.56. The first-order valence-corrected chi connectivity index (χ1v) is 12.2. The second kappa shape index (κ2) is 31.4. The molecule has 176 valence electrons. The summed E-state index contributed by atoms with van der Waals surface area (Å²) in [5, 5.41) is 2.31. The predicted octanol–water partition coefficient (Wildman–Crippen LogP) is 2.16. The molecular weight excluding hydrogens is 437 g/mol. The van der Waals surface area contributed by atoms with Crippen LogP contribution >= 0.6 is 0 Å². The van der Waals surface area contributed by atoms with Gasteiger partial charge in [-0.25, -0.2) is 0 Å². The fourth-order valence-electron chi connectivity index (χ4n) is 3.49. The van der Waals surface area contributed by atoms with Crippen molar-refractivity contribution in [2.24, 2.45) is 5.92 Å². The van der Waals surface area contributed by atoms with Crippen molar-refractivity contribution in [3.63, 3.8) is 0 Å². The van der Waals surface area contributed by atoms with E-state index in [4.69, 9.17) is 4.84 Å². The van der Waals surface area contributed by atoms with Crippen LogP contribution in [0.15, 0.2) is 0 Å². The van der Waals surface area contributed by atoms with Crippen molar-refractivity contribution in [1.29, 1.82) is 0 Å². The quantitative estimate of drug-likeness (QED) is 0.140. The van der Waals surface area contributed by atoms with E-state index < -0.39 is 0 Å². The van der Waals surface area contributed by atoms with E-state index in [1.54, 1.807) is 0 Å². The maximum Gasteiger partial charge on any atom is 2.00 e. The topological polar surface area (TPSA) is 12.5 Å². The van der Waals surface area contributed by atoms with Gasteiger partial charge in [0.2, 0.25) is 0 Å². The summed E-state index contributed by atoms with van der Waals surface area (Å²) >= 11 is 0. The zero-order valence-electron chi connectivity index (χ0n) is 20.1. The van der Waals surface area contributed by atoms with E-state index in [2.05, 4.69) is 32.8 Å². The molecule has 0 fully saturated rings. The molecule has 0 saturated heterocycles. The Morgan fingerprint density at radius 2 is 1.00 bits per heavy atom. The van der Waals surface area contributed by atoms with Crippen LogP contribution < -0.4 is 24.8 Å². The zero-order valence-corrected chi connectivity index (χ0v) is 23.2. The van der Waals surface area contributed by atoms with E-state index in [1.165, 1.54) is 103 Å². The summed E-state index contributed by atoms with van der Waals surface area (Å²) in [5.41, 5.74) is 0. The SMILES string of the molecule is CCCCCCCCN(CCCCCCCC)OCC(CC)CCCC.[Cl-].[Cl-].[Ti+2]. The van der Waals surface area contributed by atoms with Crippen LogP contribution in [0.25, 0.3) is 0 Å². The van der Waals surface area contributed by atoms with Gasteiger partial charge in [0.25, 0.3) is 0 Å². The van der Waals surface area contributed by atoms with Crippen LogP contribution in [0, 0.1) is 5.92 Å². The van der Waals surface area contributed by atoms with Crippen LogP contribution in [0.2, 0.25) is 0 Å². The first-order chi connectivity index (χ1) is 12.8. The fourth-order valence-corrected chi connectivity index (χ4v) is 3.49. The van der Waals surface area contributed by atoms with Gasteiger partial charge in [-0.2, -0.15) is 5.06 Å². The molecule has 0 spiro atoms. The van der Waals surface area contributed by atoms with Gasteiger partial charge < -0.3 is 24.8 Å². The summed E-state index contributed by atoms with van der Waals surface area (Å²) in [4.78, 5) is 6.28. The monoisotopic (exact) mass is 487 g/mol. The standard InChI is InChI=1S/C24H51NO.2ClH.Ti/c1-5-9-12-14-16-18-21-25(22-19-17-15-13-10-6-2)26-23-24(8-4)20-11-7-3;;;/h24H,5-23H2,1-4H3;2*1H;/q;;;+2/p-2. The number of rotatable bonds is 21. The minimum absolute atomic E-state index is 0. The molecule has 0 rings (SSSR count). The average molecular weight is 488 g/mol. The van der Waals surface area contributed by atoms with Gasteiger partial charge in [0.15, 0.2) is 0 Å². The average Bonchev–Trinajstić information content (AvgIpc) is 2.66. The molecule has 5 heteroatoms. The van der Waals surface area contributed by atoms with E-state index in [9.17, 15) is 0 Å². The summed E-state index contributed by atoms with van der Waals surface area (Å²) in [5.74, 6) is 0.742. The van der Waals surface area contributed by atoms with Gasteiger partial charge in [-0.1, -0.05) is 111 Å². The first-order valence-electron chi connectivity index (χ1n) is 12.2. The second-order valence-corrected chi connectivity index (χ2v) is 8.18. The van der Waals surface area contributed by atoms with Gasteiger partial charge >= 0.3 is 21.7 Å². The third kappa shape index (κ3) is 27.2. The van der Waals surface area contributed by atoms with E-state index in [1.807, 2.05) is 0 Å². The molecule has 0 aliphatic carbocycles. The smallest absolute Gasteiger partial charge is 1.00 e. The normalized spacial score (nSPS) is 11.5. The molecule has 0 heterocycles. The summed E-state index contributed by atoms with van der Waals surface area (Å²) in [7, 11) is 0. The summed E-state index contributed by atoms with van der Waals surface area (Å²) in [6.07, 6.45) is 21.6. The van der Waals surface area contributed by atoms with Crippen LogP contribution in [0.5, 0.6) is 0 Å².